The molecule has 0 aliphatic carbocycles. The van der Waals surface area contributed by atoms with Gasteiger partial charge in [-0.05, 0) is 17.7 Å². The van der Waals surface area contributed by atoms with Crippen LogP contribution in [0.25, 0.3) is 5.57 Å². The first-order chi connectivity index (χ1) is 8.84. The van der Waals surface area contributed by atoms with Crippen LogP contribution in [0.1, 0.15) is 5.56 Å². The zero-order chi connectivity index (χ0) is 14.2. The minimum absolute atomic E-state index is 0.0457. The maximum Gasteiger partial charge on any atom is 0.428 e. The van der Waals surface area contributed by atoms with E-state index in [-0.39, 0.29) is 28.9 Å². The van der Waals surface area contributed by atoms with Gasteiger partial charge in [0.05, 0.1) is 10.6 Å². The van der Waals surface area contributed by atoms with Gasteiger partial charge in [-0.3, -0.25) is 0 Å². The van der Waals surface area contributed by atoms with E-state index in [1.807, 2.05) is 0 Å². The predicted octanol–water partition coefficient (Wildman–Crippen LogP) is 4.10. The molecule has 1 aliphatic rings. The zero-order valence-electron chi connectivity index (χ0n) is 9.02. The fourth-order valence-electron chi connectivity index (χ4n) is 1.49. The second-order valence-electron chi connectivity index (χ2n) is 3.49. The van der Waals surface area contributed by atoms with Crippen LogP contribution >= 0.6 is 23.2 Å². The fraction of sp³-hybridized carbons (Fsp3) is 0.182. The standard InChI is InChI=1S/C11H4Cl2F3NO2/c12-7-1-5(2-8-9(7)19-4-18-8)6(3-17)10(13)11(14,15)16/h1-2H,4H2/b10-6+. The Balaban J connectivity index is 2.59. The normalized spacial score (nSPS) is 14.9. The summed E-state index contributed by atoms with van der Waals surface area (Å²) in [5.74, 6) is 0.396. The van der Waals surface area contributed by atoms with E-state index >= 15 is 0 Å². The van der Waals surface area contributed by atoms with Crippen molar-refractivity contribution in [3.05, 3.63) is 27.8 Å². The Morgan fingerprint density at radius 1 is 1.32 bits per heavy atom. The molecule has 0 N–H and O–H groups in total. The number of ether oxygens (including phenoxy) is 2. The molecule has 0 amide bonds. The number of hydrogen-bond acceptors (Lipinski definition) is 3. The molecule has 0 atom stereocenters. The molecule has 19 heavy (non-hydrogen) atoms. The highest BCUT2D eigenvalue weighted by atomic mass is 35.5. The molecule has 0 bridgehead atoms. The number of halogens is 5. The van der Waals surface area contributed by atoms with E-state index in [1.54, 1.807) is 0 Å². The minimum Gasteiger partial charge on any atom is -0.454 e. The average molecular weight is 310 g/mol. The highest BCUT2D eigenvalue weighted by Gasteiger charge is 2.36. The summed E-state index contributed by atoms with van der Waals surface area (Å²) in [5.41, 5.74) is -0.812. The number of hydrogen-bond donors (Lipinski definition) is 0. The topological polar surface area (TPSA) is 42.2 Å². The van der Waals surface area contributed by atoms with Gasteiger partial charge in [0.1, 0.15) is 11.1 Å². The smallest absolute Gasteiger partial charge is 0.428 e. The first kappa shape index (κ1) is 13.8. The lowest BCUT2D eigenvalue weighted by molar-refractivity contribution is -0.0839. The molecule has 0 aromatic heterocycles. The first-order valence-electron chi connectivity index (χ1n) is 4.81. The lowest BCUT2D eigenvalue weighted by Crippen LogP contribution is -2.09. The van der Waals surface area contributed by atoms with Gasteiger partial charge in [0.15, 0.2) is 11.5 Å². The molecule has 0 radical (unpaired) electrons. The summed E-state index contributed by atoms with van der Waals surface area (Å²) < 4.78 is 47.6. The van der Waals surface area contributed by atoms with Crippen LogP contribution in [0.5, 0.6) is 11.5 Å². The van der Waals surface area contributed by atoms with Crippen molar-refractivity contribution < 1.29 is 22.6 Å². The van der Waals surface area contributed by atoms with Crippen molar-refractivity contribution in [1.29, 1.82) is 5.26 Å². The molecule has 0 saturated heterocycles. The van der Waals surface area contributed by atoms with Gasteiger partial charge in [0.25, 0.3) is 0 Å². The van der Waals surface area contributed by atoms with Crippen LogP contribution in [0.4, 0.5) is 13.2 Å². The molecule has 1 aromatic carbocycles. The lowest BCUT2D eigenvalue weighted by atomic mass is 10.1. The van der Waals surface area contributed by atoms with Gasteiger partial charge in [-0.2, -0.15) is 18.4 Å². The van der Waals surface area contributed by atoms with E-state index < -0.39 is 16.8 Å². The highest BCUT2D eigenvalue weighted by Crippen LogP contribution is 2.43. The molecular weight excluding hydrogens is 306 g/mol. The largest absolute Gasteiger partial charge is 0.454 e. The van der Waals surface area contributed by atoms with Crippen molar-refractivity contribution in [1.82, 2.24) is 0 Å². The first-order valence-corrected chi connectivity index (χ1v) is 5.56. The van der Waals surface area contributed by atoms with Gasteiger partial charge in [-0.25, -0.2) is 0 Å². The summed E-state index contributed by atoms with van der Waals surface area (Å²) in [6.45, 7) is -0.0862. The maximum atomic E-state index is 12.5. The number of allylic oxidation sites excluding steroid dienone is 2. The molecule has 0 unspecified atom stereocenters. The van der Waals surface area contributed by atoms with Gasteiger partial charge in [0, 0.05) is 0 Å². The van der Waals surface area contributed by atoms with Crippen molar-refractivity contribution in [2.45, 2.75) is 6.18 Å². The maximum absolute atomic E-state index is 12.5. The fourth-order valence-corrected chi connectivity index (χ4v) is 1.91. The van der Waals surface area contributed by atoms with Crippen molar-refractivity contribution in [3.63, 3.8) is 0 Å². The van der Waals surface area contributed by atoms with Gasteiger partial charge in [-0.1, -0.05) is 23.2 Å². The molecule has 2 rings (SSSR count). The van der Waals surface area contributed by atoms with Crippen molar-refractivity contribution in [2.24, 2.45) is 0 Å². The zero-order valence-corrected chi connectivity index (χ0v) is 10.5. The van der Waals surface area contributed by atoms with E-state index in [1.165, 1.54) is 18.2 Å². The molecular formula is C11H4Cl2F3NO2. The Hall–Kier alpha value is -1.58. The number of fused-ring (bicyclic) bond motifs is 1. The summed E-state index contributed by atoms with van der Waals surface area (Å²) in [7, 11) is 0. The summed E-state index contributed by atoms with van der Waals surface area (Å²) in [6, 6.07) is 3.81. The SMILES string of the molecule is N#C/C(=C(\Cl)C(F)(F)F)c1cc(Cl)c2c(c1)OCO2. The van der Waals surface area contributed by atoms with Crippen molar-refractivity contribution in [3.8, 4) is 17.6 Å². The Kier molecular flexibility index (Phi) is 3.52. The number of alkyl halides is 3. The van der Waals surface area contributed by atoms with Crippen LogP contribution < -0.4 is 9.47 Å². The average Bonchev–Trinajstić information content (AvgIpc) is 2.77. The Bertz CT molecular complexity index is 605. The van der Waals surface area contributed by atoms with E-state index in [0.717, 1.165) is 0 Å². The van der Waals surface area contributed by atoms with Gasteiger partial charge in [-0.15, -0.1) is 0 Å². The molecule has 0 spiro atoms. The molecule has 8 heteroatoms. The molecule has 0 fully saturated rings. The van der Waals surface area contributed by atoms with E-state index in [2.05, 4.69) is 0 Å². The van der Waals surface area contributed by atoms with Crippen molar-refractivity contribution in [2.75, 3.05) is 6.79 Å². The second-order valence-corrected chi connectivity index (χ2v) is 4.28. The Morgan fingerprint density at radius 2 is 2.00 bits per heavy atom. The van der Waals surface area contributed by atoms with Crippen LogP contribution in [-0.4, -0.2) is 13.0 Å². The van der Waals surface area contributed by atoms with E-state index in [4.69, 9.17) is 37.9 Å². The number of rotatable bonds is 1. The lowest BCUT2D eigenvalue weighted by Gasteiger charge is -2.09. The molecule has 3 nitrogen and oxygen atoms in total. The van der Waals surface area contributed by atoms with Crippen LogP contribution in [0.3, 0.4) is 0 Å². The minimum atomic E-state index is -4.81. The van der Waals surface area contributed by atoms with Crippen LogP contribution in [-0.2, 0) is 0 Å². The third kappa shape index (κ3) is 2.57. The third-order valence-electron chi connectivity index (χ3n) is 2.30. The van der Waals surface area contributed by atoms with Crippen molar-refractivity contribution >= 4 is 28.8 Å². The van der Waals surface area contributed by atoms with Gasteiger partial charge in [0.2, 0.25) is 6.79 Å². The molecule has 0 saturated carbocycles. The summed E-state index contributed by atoms with van der Waals surface area (Å²) in [5, 5.41) is 7.38. The van der Waals surface area contributed by atoms with Crippen LogP contribution in [0.2, 0.25) is 5.02 Å². The number of benzene rings is 1. The quantitative estimate of drug-likeness (QED) is 0.733. The van der Waals surface area contributed by atoms with Crippen LogP contribution in [0, 0.1) is 11.3 Å². The number of nitrogens with zero attached hydrogens (tertiary/aromatic N) is 1. The Morgan fingerprint density at radius 3 is 2.58 bits per heavy atom. The van der Waals surface area contributed by atoms with Gasteiger partial charge < -0.3 is 9.47 Å². The summed E-state index contributed by atoms with van der Waals surface area (Å²) in [4.78, 5) is 0. The predicted molar refractivity (Wildman–Crippen MR) is 62.0 cm³/mol. The molecule has 1 aromatic rings. The Labute approximate surface area is 115 Å². The highest BCUT2D eigenvalue weighted by molar-refractivity contribution is 6.35. The van der Waals surface area contributed by atoms with Crippen LogP contribution in [0.15, 0.2) is 17.2 Å². The van der Waals surface area contributed by atoms with E-state index in [0.29, 0.717) is 0 Å². The third-order valence-corrected chi connectivity index (χ3v) is 2.98. The molecule has 1 aliphatic heterocycles. The second kappa shape index (κ2) is 4.83. The summed E-state index contributed by atoms with van der Waals surface area (Å²) >= 11 is 11.0. The van der Waals surface area contributed by atoms with Gasteiger partial charge >= 0.3 is 6.18 Å². The molecule has 100 valence electrons. The summed E-state index contributed by atoms with van der Waals surface area (Å²) in [6.07, 6.45) is -4.81. The van der Waals surface area contributed by atoms with E-state index in [9.17, 15) is 13.2 Å². The monoisotopic (exact) mass is 309 g/mol. The number of nitriles is 1. The molecule has 1 heterocycles.